The standard InChI is InChI=1S/C22H14ClF3N2O2S/c23-18-7-2-1-6-17(18)20-19(27-21(28-20)22(24,25)26)14-10-8-13(9-11-14)15-4-3-5-16(12-15)31(29)30/h1-12H,(H,27,28)(H,29,30). The quantitative estimate of drug-likeness (QED) is 0.333. The number of aromatic nitrogens is 2. The molecule has 0 aliphatic rings. The summed E-state index contributed by atoms with van der Waals surface area (Å²) >= 11 is 4.10. The van der Waals surface area contributed by atoms with Crippen LogP contribution in [0.5, 0.6) is 0 Å². The Kier molecular flexibility index (Phi) is 5.70. The van der Waals surface area contributed by atoms with E-state index in [0.717, 1.165) is 5.56 Å². The number of halogens is 4. The zero-order valence-electron chi connectivity index (χ0n) is 15.7. The third-order valence-corrected chi connectivity index (χ3v) is 5.63. The van der Waals surface area contributed by atoms with Gasteiger partial charge in [-0.2, -0.15) is 13.2 Å². The SMILES string of the molecule is O=S(O)c1cccc(-c2ccc(-c3nc(C(F)(F)F)[nH]c3-c3ccccc3Cl)cc2)c1. The van der Waals surface area contributed by atoms with E-state index in [0.29, 0.717) is 21.7 Å². The molecule has 0 fully saturated rings. The molecule has 0 aliphatic carbocycles. The van der Waals surface area contributed by atoms with E-state index in [1.54, 1.807) is 66.7 Å². The Bertz CT molecular complexity index is 1270. The van der Waals surface area contributed by atoms with Crippen molar-refractivity contribution < 1.29 is 21.9 Å². The van der Waals surface area contributed by atoms with Crippen molar-refractivity contribution in [3.8, 4) is 33.6 Å². The average molecular weight is 463 g/mol. The van der Waals surface area contributed by atoms with E-state index in [1.165, 1.54) is 6.07 Å². The van der Waals surface area contributed by atoms with Crippen LogP contribution in [0.2, 0.25) is 5.02 Å². The number of hydrogen-bond acceptors (Lipinski definition) is 2. The first-order chi connectivity index (χ1) is 14.7. The van der Waals surface area contributed by atoms with Crippen LogP contribution in [0, 0.1) is 0 Å². The van der Waals surface area contributed by atoms with E-state index in [1.807, 2.05) is 0 Å². The molecule has 4 rings (SSSR count). The molecule has 0 radical (unpaired) electrons. The summed E-state index contributed by atoms with van der Waals surface area (Å²) in [6, 6.07) is 19.9. The highest BCUT2D eigenvalue weighted by molar-refractivity contribution is 7.79. The van der Waals surface area contributed by atoms with Crippen molar-refractivity contribution in [3.63, 3.8) is 0 Å². The number of H-pyrrole nitrogens is 1. The third-order valence-electron chi connectivity index (χ3n) is 4.64. The highest BCUT2D eigenvalue weighted by Crippen LogP contribution is 2.38. The van der Waals surface area contributed by atoms with Gasteiger partial charge in [0, 0.05) is 16.1 Å². The Morgan fingerprint density at radius 1 is 0.903 bits per heavy atom. The molecule has 1 aromatic heterocycles. The number of alkyl halides is 3. The van der Waals surface area contributed by atoms with Crippen LogP contribution in [0.25, 0.3) is 33.6 Å². The minimum absolute atomic E-state index is 0.122. The molecule has 1 unspecified atom stereocenters. The molecule has 158 valence electrons. The Morgan fingerprint density at radius 2 is 1.58 bits per heavy atom. The summed E-state index contributed by atoms with van der Waals surface area (Å²) in [6.45, 7) is 0. The maximum absolute atomic E-state index is 13.3. The Morgan fingerprint density at radius 3 is 2.23 bits per heavy atom. The number of imidazole rings is 1. The van der Waals surface area contributed by atoms with Crippen molar-refractivity contribution in [3.05, 3.63) is 83.6 Å². The third kappa shape index (κ3) is 4.41. The molecule has 9 heteroatoms. The van der Waals surface area contributed by atoms with Crippen LogP contribution in [0.1, 0.15) is 5.82 Å². The maximum Gasteiger partial charge on any atom is 0.449 e. The van der Waals surface area contributed by atoms with Gasteiger partial charge in [0.25, 0.3) is 0 Å². The van der Waals surface area contributed by atoms with Gasteiger partial charge < -0.3 is 9.54 Å². The molecule has 0 bridgehead atoms. The monoisotopic (exact) mass is 462 g/mol. The van der Waals surface area contributed by atoms with E-state index in [9.17, 15) is 21.9 Å². The first-order valence-corrected chi connectivity index (χ1v) is 10.5. The summed E-state index contributed by atoms with van der Waals surface area (Å²) in [5.41, 5.74) is 2.61. The van der Waals surface area contributed by atoms with Crippen LogP contribution < -0.4 is 0 Å². The van der Waals surface area contributed by atoms with Crippen molar-refractivity contribution in [1.82, 2.24) is 9.97 Å². The summed E-state index contributed by atoms with van der Waals surface area (Å²) in [5, 5.41) is 0.298. The van der Waals surface area contributed by atoms with E-state index in [4.69, 9.17) is 11.6 Å². The number of benzene rings is 3. The predicted molar refractivity (Wildman–Crippen MR) is 114 cm³/mol. The maximum atomic E-state index is 13.3. The highest BCUT2D eigenvalue weighted by Gasteiger charge is 2.36. The minimum atomic E-state index is -4.64. The molecule has 1 atom stereocenters. The minimum Gasteiger partial charge on any atom is -0.334 e. The Hall–Kier alpha value is -2.94. The number of hydrogen-bond donors (Lipinski definition) is 2. The lowest BCUT2D eigenvalue weighted by Gasteiger charge is -2.07. The highest BCUT2D eigenvalue weighted by atomic mass is 35.5. The van der Waals surface area contributed by atoms with Gasteiger partial charge in [-0.3, -0.25) is 0 Å². The van der Waals surface area contributed by atoms with E-state index in [2.05, 4.69) is 9.97 Å². The van der Waals surface area contributed by atoms with Gasteiger partial charge in [-0.15, -0.1) is 0 Å². The fourth-order valence-corrected chi connectivity index (χ4v) is 3.83. The summed E-state index contributed by atoms with van der Waals surface area (Å²) in [5.74, 6) is -1.11. The average Bonchev–Trinajstić information content (AvgIpc) is 3.20. The molecule has 0 spiro atoms. The first-order valence-electron chi connectivity index (χ1n) is 8.98. The molecule has 2 N–H and O–H groups in total. The first kappa shape index (κ1) is 21.3. The van der Waals surface area contributed by atoms with Crippen molar-refractivity contribution in [1.29, 1.82) is 0 Å². The second-order valence-electron chi connectivity index (χ2n) is 6.64. The normalized spacial score (nSPS) is 12.7. The van der Waals surface area contributed by atoms with Crippen LogP contribution in [0.4, 0.5) is 13.2 Å². The van der Waals surface area contributed by atoms with Crippen molar-refractivity contribution >= 4 is 22.7 Å². The molecule has 4 nitrogen and oxygen atoms in total. The van der Waals surface area contributed by atoms with Gasteiger partial charge in [0.05, 0.1) is 16.3 Å². The summed E-state index contributed by atoms with van der Waals surface area (Å²) in [7, 11) is 0. The van der Waals surface area contributed by atoms with Crippen LogP contribution >= 0.6 is 11.6 Å². The lowest BCUT2D eigenvalue weighted by Crippen LogP contribution is -2.07. The smallest absolute Gasteiger partial charge is 0.334 e. The lowest BCUT2D eigenvalue weighted by molar-refractivity contribution is -0.144. The number of nitrogens with zero attached hydrogens (tertiary/aromatic N) is 1. The van der Waals surface area contributed by atoms with E-state index >= 15 is 0 Å². The van der Waals surface area contributed by atoms with Crippen LogP contribution in [-0.2, 0) is 17.3 Å². The fraction of sp³-hybridized carbons (Fsp3) is 0.0455. The topological polar surface area (TPSA) is 66.0 Å². The molecular formula is C22H14ClF3N2O2S. The van der Waals surface area contributed by atoms with Crippen LogP contribution in [-0.4, -0.2) is 18.7 Å². The second kappa shape index (κ2) is 8.30. The number of nitrogens with one attached hydrogen (secondary N) is 1. The molecule has 0 saturated heterocycles. The van der Waals surface area contributed by atoms with Crippen molar-refractivity contribution in [2.45, 2.75) is 11.1 Å². The zero-order chi connectivity index (χ0) is 22.2. The molecular weight excluding hydrogens is 449 g/mol. The Labute approximate surface area is 183 Å². The van der Waals surface area contributed by atoms with Crippen LogP contribution in [0.15, 0.2) is 77.7 Å². The van der Waals surface area contributed by atoms with Gasteiger partial charge in [-0.05, 0) is 29.3 Å². The molecule has 0 aliphatic heterocycles. The second-order valence-corrected chi connectivity index (χ2v) is 8.02. The summed E-state index contributed by atoms with van der Waals surface area (Å²) in [4.78, 5) is 6.41. The van der Waals surface area contributed by atoms with E-state index in [-0.39, 0.29) is 16.3 Å². The largest absolute Gasteiger partial charge is 0.449 e. The van der Waals surface area contributed by atoms with Crippen molar-refractivity contribution in [2.75, 3.05) is 0 Å². The molecule has 31 heavy (non-hydrogen) atoms. The van der Waals surface area contributed by atoms with Gasteiger partial charge in [0.1, 0.15) is 0 Å². The molecule has 4 aromatic rings. The lowest BCUT2D eigenvalue weighted by atomic mass is 10.0. The number of aromatic amines is 1. The van der Waals surface area contributed by atoms with Gasteiger partial charge in [0.2, 0.25) is 5.82 Å². The van der Waals surface area contributed by atoms with Gasteiger partial charge in [0.15, 0.2) is 11.1 Å². The summed E-state index contributed by atoms with van der Waals surface area (Å²) < 4.78 is 60.6. The predicted octanol–water partition coefficient (Wildman–Crippen LogP) is 6.66. The molecule has 3 aromatic carbocycles. The molecule has 0 amide bonds. The zero-order valence-corrected chi connectivity index (χ0v) is 17.2. The van der Waals surface area contributed by atoms with Crippen molar-refractivity contribution in [2.24, 2.45) is 0 Å². The van der Waals surface area contributed by atoms with Gasteiger partial charge >= 0.3 is 6.18 Å². The van der Waals surface area contributed by atoms with Crippen LogP contribution in [0.3, 0.4) is 0 Å². The Balaban J connectivity index is 1.79. The van der Waals surface area contributed by atoms with Gasteiger partial charge in [-0.25, -0.2) is 9.19 Å². The molecule has 1 heterocycles. The molecule has 0 saturated carbocycles. The fourth-order valence-electron chi connectivity index (χ4n) is 3.18. The summed E-state index contributed by atoms with van der Waals surface area (Å²) in [6.07, 6.45) is -4.64. The van der Waals surface area contributed by atoms with Gasteiger partial charge in [-0.1, -0.05) is 66.2 Å². The van der Waals surface area contributed by atoms with E-state index < -0.39 is 23.1 Å². The number of rotatable bonds is 4.